The Hall–Kier alpha value is -2.34. The Morgan fingerprint density at radius 1 is 0.958 bits per heavy atom. The van der Waals surface area contributed by atoms with Crippen molar-refractivity contribution in [3.63, 3.8) is 0 Å². The monoisotopic (exact) mass is 391 g/mol. The summed E-state index contributed by atoms with van der Waals surface area (Å²) in [4.78, 5) is 23.8. The van der Waals surface area contributed by atoms with Gasteiger partial charge in [0, 0.05) is 10.2 Å². The first kappa shape index (κ1) is 18.0. The van der Waals surface area contributed by atoms with Crippen LogP contribution in [0.25, 0.3) is 0 Å². The Labute approximate surface area is 149 Å². The summed E-state index contributed by atoms with van der Waals surface area (Å²) in [6, 6.07) is 13.3. The van der Waals surface area contributed by atoms with Crippen LogP contribution in [-0.2, 0) is 4.74 Å². The lowest BCUT2D eigenvalue weighted by Crippen LogP contribution is -2.27. The second-order valence-electron chi connectivity index (χ2n) is 6.05. The van der Waals surface area contributed by atoms with Gasteiger partial charge in [-0.2, -0.15) is 0 Å². The van der Waals surface area contributed by atoms with Gasteiger partial charge in [0.2, 0.25) is 0 Å². The summed E-state index contributed by atoms with van der Waals surface area (Å²) in [6.45, 7) is 5.36. The van der Waals surface area contributed by atoms with E-state index in [0.29, 0.717) is 17.0 Å². The highest BCUT2D eigenvalue weighted by Gasteiger charge is 2.16. The van der Waals surface area contributed by atoms with Gasteiger partial charge in [-0.15, -0.1) is 0 Å². The molecule has 0 aromatic heterocycles. The number of rotatable bonds is 3. The molecule has 0 saturated heterocycles. The number of carbonyl (C=O) groups is 2. The van der Waals surface area contributed by atoms with Gasteiger partial charge in [-0.3, -0.25) is 5.32 Å². The van der Waals surface area contributed by atoms with E-state index in [4.69, 9.17) is 9.47 Å². The molecule has 2 aromatic rings. The molecule has 1 amide bonds. The lowest BCUT2D eigenvalue weighted by Gasteiger charge is -2.19. The van der Waals surface area contributed by atoms with Crippen molar-refractivity contribution in [1.29, 1.82) is 0 Å². The first-order valence-corrected chi connectivity index (χ1v) is 8.10. The third kappa shape index (κ3) is 5.70. The molecule has 2 rings (SSSR count). The van der Waals surface area contributed by atoms with Gasteiger partial charge in [0.1, 0.15) is 11.4 Å². The van der Waals surface area contributed by atoms with E-state index in [9.17, 15) is 9.59 Å². The van der Waals surface area contributed by atoms with E-state index < -0.39 is 17.7 Å². The second-order valence-corrected chi connectivity index (χ2v) is 6.96. The summed E-state index contributed by atoms with van der Waals surface area (Å²) in [5.74, 6) is -0.0136. The molecule has 0 radical (unpaired) electrons. The Balaban J connectivity index is 1.97. The van der Waals surface area contributed by atoms with Crippen molar-refractivity contribution >= 4 is 33.7 Å². The van der Waals surface area contributed by atoms with Crippen LogP contribution in [0.15, 0.2) is 53.0 Å². The number of esters is 1. The Bertz CT molecular complexity index is 718. The van der Waals surface area contributed by atoms with Crippen LogP contribution >= 0.6 is 15.9 Å². The van der Waals surface area contributed by atoms with E-state index in [1.165, 1.54) is 0 Å². The Morgan fingerprint density at radius 2 is 1.54 bits per heavy atom. The van der Waals surface area contributed by atoms with Gasteiger partial charge in [-0.25, -0.2) is 9.59 Å². The number of anilines is 1. The van der Waals surface area contributed by atoms with E-state index in [0.717, 1.165) is 4.47 Å². The van der Waals surface area contributed by atoms with Crippen molar-refractivity contribution < 1.29 is 19.1 Å². The molecule has 0 bridgehead atoms. The fraction of sp³-hybridized carbons (Fsp3) is 0.222. The highest BCUT2D eigenvalue weighted by molar-refractivity contribution is 9.10. The van der Waals surface area contributed by atoms with Gasteiger partial charge in [0.25, 0.3) is 0 Å². The minimum Gasteiger partial charge on any atom is -0.444 e. The molecular formula is C18H18BrNO4. The van der Waals surface area contributed by atoms with E-state index in [2.05, 4.69) is 21.2 Å². The van der Waals surface area contributed by atoms with Crippen molar-refractivity contribution in [3.05, 3.63) is 58.6 Å². The number of halogens is 1. The fourth-order valence-corrected chi connectivity index (χ4v) is 2.04. The number of hydrogen-bond acceptors (Lipinski definition) is 4. The molecule has 2 aromatic carbocycles. The van der Waals surface area contributed by atoms with Crippen LogP contribution in [0.1, 0.15) is 31.1 Å². The molecule has 0 saturated carbocycles. The van der Waals surface area contributed by atoms with E-state index >= 15 is 0 Å². The predicted molar refractivity (Wildman–Crippen MR) is 95.4 cm³/mol. The van der Waals surface area contributed by atoms with Crippen LogP contribution in [0.5, 0.6) is 5.75 Å². The van der Waals surface area contributed by atoms with Crippen molar-refractivity contribution in [3.8, 4) is 5.75 Å². The van der Waals surface area contributed by atoms with Gasteiger partial charge in [-0.1, -0.05) is 15.9 Å². The maximum atomic E-state index is 12.1. The summed E-state index contributed by atoms with van der Waals surface area (Å²) in [7, 11) is 0. The van der Waals surface area contributed by atoms with Crippen LogP contribution in [0.2, 0.25) is 0 Å². The number of benzene rings is 2. The van der Waals surface area contributed by atoms with Crippen LogP contribution < -0.4 is 10.1 Å². The summed E-state index contributed by atoms with van der Waals surface area (Å²) < 4.78 is 11.3. The highest BCUT2D eigenvalue weighted by Crippen LogP contribution is 2.18. The molecule has 0 aliphatic rings. The topological polar surface area (TPSA) is 64.6 Å². The van der Waals surface area contributed by atoms with E-state index in [1.54, 1.807) is 69.3 Å². The molecule has 126 valence electrons. The standard InChI is InChI=1S/C18H18BrNO4/c1-18(2,3)24-17(22)20-14-8-4-12(5-9-14)16(21)23-15-10-6-13(19)7-11-15/h4-11H,1-3H3,(H,20,22). The minimum absolute atomic E-state index is 0.382. The molecule has 0 unspecified atom stereocenters. The molecule has 5 nitrogen and oxygen atoms in total. The summed E-state index contributed by atoms with van der Waals surface area (Å²) in [6.07, 6.45) is -0.548. The number of ether oxygens (including phenoxy) is 2. The average Bonchev–Trinajstić information content (AvgIpc) is 2.48. The van der Waals surface area contributed by atoms with Crippen molar-refractivity contribution in [2.24, 2.45) is 0 Å². The number of nitrogens with one attached hydrogen (secondary N) is 1. The SMILES string of the molecule is CC(C)(C)OC(=O)Nc1ccc(C(=O)Oc2ccc(Br)cc2)cc1. The zero-order valence-electron chi connectivity index (χ0n) is 13.6. The van der Waals surface area contributed by atoms with Crippen LogP contribution in [0.3, 0.4) is 0 Å². The van der Waals surface area contributed by atoms with Gasteiger partial charge in [0.15, 0.2) is 0 Å². The summed E-state index contributed by atoms with van der Waals surface area (Å²) in [5.41, 5.74) is 0.343. The zero-order chi connectivity index (χ0) is 17.7. The van der Waals surface area contributed by atoms with Crippen molar-refractivity contribution in [2.75, 3.05) is 5.32 Å². The molecule has 0 atom stereocenters. The predicted octanol–water partition coefficient (Wildman–Crippen LogP) is 5.02. The third-order valence-electron chi connectivity index (χ3n) is 2.79. The molecule has 0 heterocycles. The number of amides is 1. The molecule has 0 fully saturated rings. The molecule has 0 spiro atoms. The lowest BCUT2D eigenvalue weighted by atomic mass is 10.2. The summed E-state index contributed by atoms with van der Waals surface area (Å²) in [5, 5.41) is 2.60. The first-order chi connectivity index (χ1) is 11.2. The molecule has 1 N–H and O–H groups in total. The number of hydrogen-bond donors (Lipinski definition) is 1. The molecule has 0 aliphatic carbocycles. The second kappa shape index (κ2) is 7.49. The quantitative estimate of drug-likeness (QED) is 0.589. The molecule has 6 heteroatoms. The maximum Gasteiger partial charge on any atom is 0.412 e. The van der Waals surface area contributed by atoms with Crippen LogP contribution in [0, 0.1) is 0 Å². The van der Waals surface area contributed by atoms with E-state index in [-0.39, 0.29) is 0 Å². The minimum atomic E-state index is -0.571. The first-order valence-electron chi connectivity index (χ1n) is 7.31. The van der Waals surface area contributed by atoms with Crippen LogP contribution in [-0.4, -0.2) is 17.7 Å². The smallest absolute Gasteiger partial charge is 0.412 e. The lowest BCUT2D eigenvalue weighted by molar-refractivity contribution is 0.0635. The average molecular weight is 392 g/mol. The third-order valence-corrected chi connectivity index (χ3v) is 3.32. The Morgan fingerprint density at radius 3 is 2.08 bits per heavy atom. The van der Waals surface area contributed by atoms with Crippen molar-refractivity contribution in [1.82, 2.24) is 0 Å². The number of carbonyl (C=O) groups excluding carboxylic acids is 2. The maximum absolute atomic E-state index is 12.1. The largest absolute Gasteiger partial charge is 0.444 e. The van der Waals surface area contributed by atoms with Gasteiger partial charge >= 0.3 is 12.1 Å². The van der Waals surface area contributed by atoms with Crippen molar-refractivity contribution in [2.45, 2.75) is 26.4 Å². The van der Waals surface area contributed by atoms with Gasteiger partial charge < -0.3 is 9.47 Å². The Kier molecular flexibility index (Phi) is 5.62. The van der Waals surface area contributed by atoms with Gasteiger partial charge in [0.05, 0.1) is 5.56 Å². The molecule has 24 heavy (non-hydrogen) atoms. The highest BCUT2D eigenvalue weighted by atomic mass is 79.9. The summed E-state index contributed by atoms with van der Waals surface area (Å²) >= 11 is 3.32. The fourth-order valence-electron chi connectivity index (χ4n) is 1.78. The van der Waals surface area contributed by atoms with E-state index in [1.807, 2.05) is 0 Å². The van der Waals surface area contributed by atoms with Gasteiger partial charge in [-0.05, 0) is 69.3 Å². The normalized spacial score (nSPS) is 10.8. The molecular weight excluding hydrogens is 374 g/mol. The van der Waals surface area contributed by atoms with Crippen LogP contribution in [0.4, 0.5) is 10.5 Å². The molecule has 0 aliphatic heterocycles. The zero-order valence-corrected chi connectivity index (χ0v) is 15.2.